The van der Waals surface area contributed by atoms with Crippen LogP contribution in [0.3, 0.4) is 0 Å². The SMILES string of the molecule is CN1C(=C(C#N)C(=O)CCC(=O)Nc2ccc(-n3cnc4ccccc43)cc2)N(C)c2ccccc21. The predicted molar refractivity (Wildman–Crippen MR) is 140 cm³/mol. The summed E-state index contributed by atoms with van der Waals surface area (Å²) in [6, 6.07) is 25.0. The molecule has 0 bridgehead atoms. The molecule has 0 atom stereocenters. The summed E-state index contributed by atoms with van der Waals surface area (Å²) in [6.45, 7) is 0. The van der Waals surface area contributed by atoms with E-state index in [9.17, 15) is 14.9 Å². The lowest BCUT2D eigenvalue weighted by atomic mass is 10.1. The first-order valence-electron chi connectivity index (χ1n) is 11.5. The molecule has 0 aliphatic carbocycles. The molecule has 0 saturated carbocycles. The summed E-state index contributed by atoms with van der Waals surface area (Å²) < 4.78 is 1.98. The molecule has 0 spiro atoms. The zero-order valence-corrected chi connectivity index (χ0v) is 20.0. The van der Waals surface area contributed by atoms with Crippen LogP contribution in [0.1, 0.15) is 12.8 Å². The molecule has 0 radical (unpaired) electrons. The molecule has 1 amide bonds. The number of carbonyl (C=O) groups excluding carboxylic acids is 2. The van der Waals surface area contributed by atoms with Crippen LogP contribution in [0.4, 0.5) is 17.1 Å². The second kappa shape index (κ2) is 9.39. The van der Waals surface area contributed by atoms with E-state index in [1.165, 1.54) is 0 Å². The fourth-order valence-corrected chi connectivity index (χ4v) is 4.50. The van der Waals surface area contributed by atoms with E-state index in [-0.39, 0.29) is 30.1 Å². The quantitative estimate of drug-likeness (QED) is 0.322. The zero-order chi connectivity index (χ0) is 25.2. The number of benzene rings is 3. The molecule has 2 heterocycles. The summed E-state index contributed by atoms with van der Waals surface area (Å²) in [6.07, 6.45) is 1.68. The molecule has 1 aliphatic heterocycles. The van der Waals surface area contributed by atoms with Crippen molar-refractivity contribution in [3.63, 3.8) is 0 Å². The van der Waals surface area contributed by atoms with E-state index in [1.807, 2.05) is 101 Å². The Labute approximate surface area is 208 Å². The van der Waals surface area contributed by atoms with Crippen molar-refractivity contribution in [3.8, 4) is 11.8 Å². The van der Waals surface area contributed by atoms with Crippen molar-refractivity contribution in [2.24, 2.45) is 0 Å². The predicted octanol–water partition coefficient (Wildman–Crippen LogP) is 4.63. The minimum absolute atomic E-state index is 0.0222. The fourth-order valence-electron chi connectivity index (χ4n) is 4.50. The Morgan fingerprint density at radius 3 is 2.19 bits per heavy atom. The van der Waals surface area contributed by atoms with E-state index >= 15 is 0 Å². The molecule has 1 aliphatic rings. The average Bonchev–Trinajstić information content (AvgIpc) is 3.44. The third kappa shape index (κ3) is 4.07. The number of aromatic nitrogens is 2. The lowest BCUT2D eigenvalue weighted by Gasteiger charge is -2.19. The topological polar surface area (TPSA) is 94.3 Å². The van der Waals surface area contributed by atoms with Gasteiger partial charge in [0, 0.05) is 38.3 Å². The lowest BCUT2D eigenvalue weighted by molar-refractivity contribution is -0.120. The summed E-state index contributed by atoms with van der Waals surface area (Å²) in [5.74, 6) is -0.133. The van der Waals surface area contributed by atoms with Gasteiger partial charge in [0.1, 0.15) is 23.8 Å². The van der Waals surface area contributed by atoms with E-state index in [0.29, 0.717) is 11.5 Å². The summed E-state index contributed by atoms with van der Waals surface area (Å²) in [4.78, 5) is 33.5. The van der Waals surface area contributed by atoms with Gasteiger partial charge in [0.2, 0.25) is 5.91 Å². The molecule has 36 heavy (non-hydrogen) atoms. The number of hydrogen-bond acceptors (Lipinski definition) is 6. The second-order valence-electron chi connectivity index (χ2n) is 8.54. The average molecular weight is 477 g/mol. The minimum Gasteiger partial charge on any atom is -0.328 e. The highest BCUT2D eigenvalue weighted by Crippen LogP contribution is 2.40. The number of ketones is 1. The Balaban J connectivity index is 1.23. The zero-order valence-electron chi connectivity index (χ0n) is 20.0. The molecule has 0 fully saturated rings. The van der Waals surface area contributed by atoms with Crippen LogP contribution in [-0.2, 0) is 9.59 Å². The van der Waals surface area contributed by atoms with Gasteiger partial charge < -0.3 is 15.1 Å². The number of nitrogens with zero attached hydrogens (tertiary/aromatic N) is 5. The summed E-state index contributed by atoms with van der Waals surface area (Å²) in [5.41, 5.74) is 5.34. The number of hydrogen-bond donors (Lipinski definition) is 1. The van der Waals surface area contributed by atoms with E-state index in [2.05, 4.69) is 16.4 Å². The van der Waals surface area contributed by atoms with Gasteiger partial charge in [-0.1, -0.05) is 24.3 Å². The molecule has 0 unspecified atom stereocenters. The standard InChI is InChI=1S/C28H24N6O2/c1-32-24-9-5-6-10-25(24)33(2)28(32)21(17-29)26(35)15-16-27(36)31-19-11-13-20(14-12-19)34-18-30-22-7-3-4-8-23(22)34/h3-14,18H,15-16H2,1-2H3,(H,31,36). The van der Waals surface area contributed by atoms with Crippen molar-refractivity contribution in [2.75, 3.05) is 29.2 Å². The van der Waals surface area contributed by atoms with Crippen molar-refractivity contribution >= 4 is 39.8 Å². The maximum Gasteiger partial charge on any atom is 0.224 e. The van der Waals surface area contributed by atoms with Crippen LogP contribution in [0.2, 0.25) is 0 Å². The van der Waals surface area contributed by atoms with Crippen molar-refractivity contribution in [1.82, 2.24) is 9.55 Å². The first-order chi connectivity index (χ1) is 17.5. The second-order valence-corrected chi connectivity index (χ2v) is 8.54. The van der Waals surface area contributed by atoms with E-state index in [4.69, 9.17) is 0 Å². The number of fused-ring (bicyclic) bond motifs is 2. The number of carbonyl (C=O) groups is 2. The van der Waals surface area contributed by atoms with Crippen LogP contribution < -0.4 is 15.1 Å². The highest BCUT2D eigenvalue weighted by Gasteiger charge is 2.31. The first-order valence-corrected chi connectivity index (χ1v) is 11.5. The largest absolute Gasteiger partial charge is 0.328 e. The van der Waals surface area contributed by atoms with Gasteiger partial charge in [-0.05, 0) is 48.5 Å². The summed E-state index contributed by atoms with van der Waals surface area (Å²) in [5, 5.41) is 12.6. The van der Waals surface area contributed by atoms with Crippen molar-refractivity contribution in [3.05, 3.63) is 90.5 Å². The molecule has 8 nitrogen and oxygen atoms in total. The minimum atomic E-state index is -0.364. The maximum atomic E-state index is 12.9. The molecular formula is C28H24N6O2. The molecule has 5 rings (SSSR count). The maximum absolute atomic E-state index is 12.9. The lowest BCUT2D eigenvalue weighted by Crippen LogP contribution is -2.26. The van der Waals surface area contributed by atoms with Crippen LogP contribution in [0.5, 0.6) is 0 Å². The van der Waals surface area contributed by atoms with Crippen molar-refractivity contribution < 1.29 is 9.59 Å². The number of para-hydroxylation sites is 4. The molecule has 1 N–H and O–H groups in total. The Morgan fingerprint density at radius 2 is 1.53 bits per heavy atom. The smallest absolute Gasteiger partial charge is 0.224 e. The van der Waals surface area contributed by atoms with Crippen molar-refractivity contribution in [2.45, 2.75) is 12.8 Å². The Morgan fingerprint density at radius 1 is 0.889 bits per heavy atom. The molecule has 0 saturated heterocycles. The normalized spacial score (nSPS) is 12.4. The number of amides is 1. The number of imidazole rings is 1. The van der Waals surface area contributed by atoms with Gasteiger partial charge in [-0.25, -0.2) is 4.98 Å². The Kier molecular flexibility index (Phi) is 5.97. The van der Waals surface area contributed by atoms with E-state index < -0.39 is 0 Å². The van der Waals surface area contributed by atoms with Gasteiger partial charge in [-0.2, -0.15) is 5.26 Å². The number of Topliss-reactive ketones (excluding diaryl/α,β-unsaturated/α-hetero) is 1. The highest BCUT2D eigenvalue weighted by atomic mass is 16.2. The Hall–Kier alpha value is -4.90. The van der Waals surface area contributed by atoms with Gasteiger partial charge in [-0.15, -0.1) is 0 Å². The van der Waals surface area contributed by atoms with Gasteiger partial charge >= 0.3 is 0 Å². The van der Waals surface area contributed by atoms with Crippen LogP contribution in [0, 0.1) is 11.3 Å². The number of anilines is 3. The van der Waals surface area contributed by atoms with Crippen LogP contribution in [-0.4, -0.2) is 35.3 Å². The molecule has 8 heteroatoms. The third-order valence-corrected chi connectivity index (χ3v) is 6.32. The summed E-state index contributed by atoms with van der Waals surface area (Å²) in [7, 11) is 3.65. The number of allylic oxidation sites excluding steroid dienone is 1. The van der Waals surface area contributed by atoms with Gasteiger partial charge in [0.05, 0.1) is 22.4 Å². The monoisotopic (exact) mass is 476 g/mol. The van der Waals surface area contributed by atoms with Crippen LogP contribution >= 0.6 is 0 Å². The Bertz CT molecular complexity index is 1510. The molecule has 3 aromatic carbocycles. The molecule has 4 aromatic rings. The number of nitrogens with one attached hydrogen (secondary N) is 1. The van der Waals surface area contributed by atoms with E-state index in [0.717, 1.165) is 28.1 Å². The third-order valence-electron chi connectivity index (χ3n) is 6.32. The van der Waals surface area contributed by atoms with Crippen molar-refractivity contribution in [1.29, 1.82) is 5.26 Å². The summed E-state index contributed by atoms with van der Waals surface area (Å²) >= 11 is 0. The molecular weight excluding hydrogens is 452 g/mol. The fraction of sp³-hybridized carbons (Fsp3) is 0.143. The number of nitriles is 1. The van der Waals surface area contributed by atoms with Crippen LogP contribution in [0.15, 0.2) is 90.5 Å². The number of rotatable bonds is 6. The highest BCUT2D eigenvalue weighted by molar-refractivity contribution is 6.04. The van der Waals surface area contributed by atoms with E-state index in [1.54, 1.807) is 6.33 Å². The van der Waals surface area contributed by atoms with Gasteiger partial charge in [0.15, 0.2) is 5.78 Å². The molecule has 178 valence electrons. The first kappa shape index (κ1) is 22.9. The van der Waals surface area contributed by atoms with Gasteiger partial charge in [-0.3, -0.25) is 14.2 Å². The van der Waals surface area contributed by atoms with Gasteiger partial charge in [0.25, 0.3) is 0 Å². The molecule has 1 aromatic heterocycles. The van der Waals surface area contributed by atoms with Crippen LogP contribution in [0.25, 0.3) is 16.7 Å².